The first-order chi connectivity index (χ1) is 7.31. The van der Waals surface area contributed by atoms with Crippen LogP contribution < -0.4 is 0 Å². The molecule has 0 saturated heterocycles. The zero-order chi connectivity index (χ0) is 10.7. The van der Waals surface area contributed by atoms with Crippen LogP contribution in [-0.4, -0.2) is 36.8 Å². The minimum Gasteiger partial charge on any atom is -0.395 e. The summed E-state index contributed by atoms with van der Waals surface area (Å²) in [6.45, 7) is 2.10. The van der Waals surface area contributed by atoms with Gasteiger partial charge in [-0.15, -0.1) is 0 Å². The molecule has 0 aromatic heterocycles. The van der Waals surface area contributed by atoms with Crippen LogP contribution >= 0.6 is 0 Å². The number of rotatable bonds is 4. The lowest BCUT2D eigenvalue weighted by Crippen LogP contribution is -2.26. The molecule has 0 radical (unpaired) electrons. The molecule has 0 fully saturated rings. The van der Waals surface area contributed by atoms with Crippen LogP contribution in [-0.2, 0) is 6.42 Å². The zero-order valence-corrected chi connectivity index (χ0v) is 9.32. The van der Waals surface area contributed by atoms with Gasteiger partial charge in [-0.2, -0.15) is 0 Å². The van der Waals surface area contributed by atoms with Crippen LogP contribution in [0.5, 0.6) is 0 Å². The maximum absolute atomic E-state index is 8.86. The molecule has 1 aromatic rings. The predicted molar refractivity (Wildman–Crippen MR) is 62.1 cm³/mol. The molecule has 2 heteroatoms. The van der Waals surface area contributed by atoms with Gasteiger partial charge in [-0.1, -0.05) is 24.3 Å². The van der Waals surface area contributed by atoms with Crippen molar-refractivity contribution in [3.05, 3.63) is 35.4 Å². The van der Waals surface area contributed by atoms with E-state index in [2.05, 4.69) is 36.2 Å². The van der Waals surface area contributed by atoms with E-state index in [0.717, 1.165) is 13.1 Å². The van der Waals surface area contributed by atoms with Crippen LogP contribution in [0.1, 0.15) is 23.5 Å². The van der Waals surface area contributed by atoms with Gasteiger partial charge in [0.05, 0.1) is 6.61 Å². The van der Waals surface area contributed by atoms with E-state index in [9.17, 15) is 0 Å². The van der Waals surface area contributed by atoms with E-state index in [1.54, 1.807) is 0 Å². The normalized spacial score (nSPS) is 19.5. The maximum atomic E-state index is 8.86. The smallest absolute Gasteiger partial charge is 0.0558 e. The largest absolute Gasteiger partial charge is 0.395 e. The molecular weight excluding hydrogens is 186 g/mol. The average molecular weight is 205 g/mol. The van der Waals surface area contributed by atoms with E-state index in [4.69, 9.17) is 5.11 Å². The molecular formula is C13H19NO. The predicted octanol–water partition coefficient (Wildman–Crippen LogP) is 1.64. The highest BCUT2D eigenvalue weighted by Crippen LogP contribution is 2.32. The first kappa shape index (κ1) is 10.7. The number of aliphatic hydroxyl groups is 1. The zero-order valence-electron chi connectivity index (χ0n) is 9.32. The molecule has 2 nitrogen and oxygen atoms in total. The maximum Gasteiger partial charge on any atom is 0.0558 e. The summed E-state index contributed by atoms with van der Waals surface area (Å²) in [5.41, 5.74) is 3.03. The van der Waals surface area contributed by atoms with Crippen molar-refractivity contribution in [1.82, 2.24) is 4.90 Å². The molecule has 0 heterocycles. The highest BCUT2D eigenvalue weighted by atomic mass is 16.3. The summed E-state index contributed by atoms with van der Waals surface area (Å²) in [4.78, 5) is 2.22. The van der Waals surface area contributed by atoms with Crippen LogP contribution in [0.25, 0.3) is 0 Å². The third kappa shape index (κ3) is 2.39. The van der Waals surface area contributed by atoms with Crippen molar-refractivity contribution in [2.45, 2.75) is 18.8 Å². The molecule has 0 amide bonds. The fourth-order valence-corrected chi connectivity index (χ4v) is 2.47. The highest BCUT2D eigenvalue weighted by Gasteiger charge is 2.22. The molecule has 82 valence electrons. The van der Waals surface area contributed by atoms with Crippen molar-refractivity contribution >= 4 is 0 Å². The van der Waals surface area contributed by atoms with E-state index in [-0.39, 0.29) is 6.61 Å². The van der Waals surface area contributed by atoms with Crippen LogP contribution in [0.15, 0.2) is 24.3 Å². The van der Waals surface area contributed by atoms with Crippen molar-refractivity contribution in [3.63, 3.8) is 0 Å². The van der Waals surface area contributed by atoms with Crippen molar-refractivity contribution < 1.29 is 5.11 Å². The van der Waals surface area contributed by atoms with Gasteiger partial charge in [-0.3, -0.25) is 0 Å². The van der Waals surface area contributed by atoms with Crippen molar-refractivity contribution in [1.29, 1.82) is 0 Å². The molecule has 15 heavy (non-hydrogen) atoms. The number of hydrogen-bond donors (Lipinski definition) is 1. The fraction of sp³-hybridized carbons (Fsp3) is 0.538. The molecule has 1 aromatic carbocycles. The van der Waals surface area contributed by atoms with E-state index < -0.39 is 0 Å². The van der Waals surface area contributed by atoms with E-state index in [1.165, 1.54) is 24.0 Å². The van der Waals surface area contributed by atoms with Crippen LogP contribution in [0.4, 0.5) is 0 Å². The minimum absolute atomic E-state index is 0.255. The molecule has 1 N–H and O–H groups in total. The van der Waals surface area contributed by atoms with Gasteiger partial charge >= 0.3 is 0 Å². The lowest BCUT2D eigenvalue weighted by atomic mass is 10.0. The Morgan fingerprint density at radius 3 is 3.00 bits per heavy atom. The van der Waals surface area contributed by atoms with Gasteiger partial charge < -0.3 is 10.0 Å². The topological polar surface area (TPSA) is 23.5 Å². The summed E-state index contributed by atoms with van der Waals surface area (Å²) in [6, 6.07) is 8.74. The molecule has 1 atom stereocenters. The summed E-state index contributed by atoms with van der Waals surface area (Å²) in [6.07, 6.45) is 2.48. The Hall–Kier alpha value is -0.860. The average Bonchev–Trinajstić information content (AvgIpc) is 2.62. The summed E-state index contributed by atoms with van der Waals surface area (Å²) < 4.78 is 0. The number of aryl methyl sites for hydroxylation is 1. The van der Waals surface area contributed by atoms with Crippen molar-refractivity contribution in [3.8, 4) is 0 Å². The number of benzene rings is 1. The third-order valence-electron chi connectivity index (χ3n) is 3.27. The van der Waals surface area contributed by atoms with Gasteiger partial charge in [-0.25, -0.2) is 0 Å². The molecule has 1 unspecified atom stereocenters. The molecule has 0 saturated carbocycles. The molecule has 1 aliphatic rings. The summed E-state index contributed by atoms with van der Waals surface area (Å²) in [7, 11) is 2.08. The van der Waals surface area contributed by atoms with Gasteiger partial charge in [0.15, 0.2) is 0 Å². The number of likely N-dealkylation sites (N-methyl/N-ethyl adjacent to an activating group) is 1. The highest BCUT2D eigenvalue weighted by molar-refractivity contribution is 5.34. The second kappa shape index (κ2) is 4.77. The van der Waals surface area contributed by atoms with Gasteiger partial charge in [-0.05, 0) is 36.9 Å². The summed E-state index contributed by atoms with van der Waals surface area (Å²) >= 11 is 0. The lowest BCUT2D eigenvalue weighted by molar-refractivity contribution is 0.214. The summed E-state index contributed by atoms with van der Waals surface area (Å²) in [5.74, 6) is 0.665. The standard InChI is InChI=1S/C13H19NO/c1-14(8-9-15)10-12-7-6-11-4-2-3-5-13(11)12/h2-5,12,15H,6-10H2,1H3. The number of hydrogen-bond acceptors (Lipinski definition) is 2. The Morgan fingerprint density at radius 1 is 1.40 bits per heavy atom. The quantitative estimate of drug-likeness (QED) is 0.807. The lowest BCUT2D eigenvalue weighted by Gasteiger charge is -2.20. The molecule has 0 bridgehead atoms. The van der Waals surface area contributed by atoms with Gasteiger partial charge in [0.25, 0.3) is 0 Å². The molecule has 0 spiro atoms. The third-order valence-corrected chi connectivity index (χ3v) is 3.27. The van der Waals surface area contributed by atoms with E-state index in [1.807, 2.05) is 0 Å². The Labute approximate surface area is 91.5 Å². The number of aliphatic hydroxyl groups excluding tert-OH is 1. The second-order valence-electron chi connectivity index (χ2n) is 4.42. The van der Waals surface area contributed by atoms with Gasteiger partial charge in [0.2, 0.25) is 0 Å². The Bertz CT molecular complexity index is 324. The minimum atomic E-state index is 0.255. The molecule has 0 aliphatic heterocycles. The first-order valence-corrected chi connectivity index (χ1v) is 5.68. The Balaban J connectivity index is 2.01. The molecule has 2 rings (SSSR count). The Morgan fingerprint density at radius 2 is 2.20 bits per heavy atom. The summed E-state index contributed by atoms with van der Waals surface area (Å²) in [5, 5.41) is 8.86. The molecule has 1 aliphatic carbocycles. The first-order valence-electron chi connectivity index (χ1n) is 5.68. The second-order valence-corrected chi connectivity index (χ2v) is 4.42. The monoisotopic (exact) mass is 205 g/mol. The van der Waals surface area contributed by atoms with Gasteiger partial charge in [0, 0.05) is 13.1 Å². The number of fused-ring (bicyclic) bond motifs is 1. The van der Waals surface area contributed by atoms with Crippen LogP contribution in [0.2, 0.25) is 0 Å². The Kier molecular flexibility index (Phi) is 3.39. The van der Waals surface area contributed by atoms with E-state index >= 15 is 0 Å². The van der Waals surface area contributed by atoms with Crippen molar-refractivity contribution in [2.24, 2.45) is 0 Å². The van der Waals surface area contributed by atoms with Gasteiger partial charge in [0.1, 0.15) is 0 Å². The SMILES string of the molecule is CN(CCO)CC1CCc2ccccc21. The fourth-order valence-electron chi connectivity index (χ4n) is 2.47. The van der Waals surface area contributed by atoms with E-state index in [0.29, 0.717) is 5.92 Å². The van der Waals surface area contributed by atoms with Crippen LogP contribution in [0.3, 0.4) is 0 Å². The van der Waals surface area contributed by atoms with Crippen molar-refractivity contribution in [2.75, 3.05) is 26.7 Å². The van der Waals surface area contributed by atoms with Crippen LogP contribution in [0, 0.1) is 0 Å². The number of nitrogens with zero attached hydrogens (tertiary/aromatic N) is 1.